The van der Waals surface area contributed by atoms with Gasteiger partial charge in [0.2, 0.25) is 0 Å². The molecule has 2 atom stereocenters. The van der Waals surface area contributed by atoms with E-state index in [-0.39, 0.29) is 6.10 Å². The first-order valence-corrected chi connectivity index (χ1v) is 9.04. The molecule has 0 aromatic heterocycles. The van der Waals surface area contributed by atoms with E-state index in [0.717, 1.165) is 44.7 Å². The van der Waals surface area contributed by atoms with Gasteiger partial charge in [-0.1, -0.05) is 30.3 Å². The van der Waals surface area contributed by atoms with Gasteiger partial charge in [0.15, 0.2) is 5.96 Å². The van der Waals surface area contributed by atoms with Crippen LogP contribution < -0.4 is 10.6 Å². The van der Waals surface area contributed by atoms with Crippen LogP contribution in [0, 0.1) is 5.92 Å². The van der Waals surface area contributed by atoms with E-state index in [1.54, 1.807) is 0 Å². The fourth-order valence-electron chi connectivity index (χ4n) is 3.50. The Balaban J connectivity index is 1.49. The fraction of sp³-hybridized carbons (Fsp3) is 0.632. The molecule has 3 rings (SSSR count). The lowest BCUT2D eigenvalue weighted by molar-refractivity contribution is 0.120. The number of hydrogen-bond donors (Lipinski definition) is 3. The van der Waals surface area contributed by atoms with Crippen molar-refractivity contribution >= 4 is 5.96 Å². The van der Waals surface area contributed by atoms with Crippen LogP contribution in [0.3, 0.4) is 0 Å². The molecule has 0 aliphatic heterocycles. The molecule has 0 bridgehead atoms. The molecular formula is C19H29N3O. The van der Waals surface area contributed by atoms with Crippen LogP contribution in [-0.2, 0) is 0 Å². The maximum Gasteiger partial charge on any atom is 0.191 e. The molecule has 2 unspecified atom stereocenters. The first-order valence-electron chi connectivity index (χ1n) is 9.04. The average Bonchev–Trinajstić information content (AvgIpc) is 3.35. The molecule has 0 radical (unpaired) electrons. The number of benzene rings is 1. The van der Waals surface area contributed by atoms with Gasteiger partial charge >= 0.3 is 0 Å². The number of nitrogens with one attached hydrogen (secondary N) is 2. The number of guanidine groups is 1. The third-order valence-corrected chi connectivity index (χ3v) is 5.02. The highest BCUT2D eigenvalue weighted by atomic mass is 16.3. The van der Waals surface area contributed by atoms with Gasteiger partial charge in [-0.3, -0.25) is 4.99 Å². The zero-order chi connectivity index (χ0) is 16.1. The highest BCUT2D eigenvalue weighted by Crippen LogP contribution is 2.47. The van der Waals surface area contributed by atoms with Gasteiger partial charge in [-0.15, -0.1) is 0 Å². The molecule has 1 aromatic carbocycles. The predicted octanol–water partition coefficient (Wildman–Crippen LogP) is 2.65. The summed E-state index contributed by atoms with van der Waals surface area (Å²) in [5, 5.41) is 16.5. The molecule has 4 nitrogen and oxygen atoms in total. The first-order chi connectivity index (χ1) is 11.3. The van der Waals surface area contributed by atoms with E-state index in [1.807, 2.05) is 0 Å². The van der Waals surface area contributed by atoms with Gasteiger partial charge < -0.3 is 15.7 Å². The molecule has 0 saturated heterocycles. The second kappa shape index (κ2) is 7.82. The second-order valence-electron chi connectivity index (χ2n) is 6.88. The van der Waals surface area contributed by atoms with Crippen LogP contribution in [0.15, 0.2) is 35.3 Å². The zero-order valence-electron chi connectivity index (χ0n) is 14.0. The van der Waals surface area contributed by atoms with Crippen molar-refractivity contribution in [2.75, 3.05) is 13.1 Å². The molecule has 0 amide bonds. The minimum atomic E-state index is -0.106. The molecular weight excluding hydrogens is 286 g/mol. The maximum atomic E-state index is 9.61. The van der Waals surface area contributed by atoms with E-state index in [1.165, 1.54) is 12.0 Å². The average molecular weight is 315 g/mol. The molecule has 3 N–H and O–H groups in total. The lowest BCUT2D eigenvalue weighted by atomic mass is 9.93. The van der Waals surface area contributed by atoms with Gasteiger partial charge in [0.25, 0.3) is 0 Å². The van der Waals surface area contributed by atoms with Crippen LogP contribution in [-0.4, -0.2) is 36.3 Å². The summed E-state index contributed by atoms with van der Waals surface area (Å²) in [5.41, 5.74) is 1.45. The Labute approximate surface area is 139 Å². The minimum absolute atomic E-state index is 0.106. The van der Waals surface area contributed by atoms with Crippen molar-refractivity contribution in [2.24, 2.45) is 10.9 Å². The second-order valence-corrected chi connectivity index (χ2v) is 6.88. The molecule has 126 valence electrons. The summed E-state index contributed by atoms with van der Waals surface area (Å²) in [6, 6.07) is 11.2. The van der Waals surface area contributed by atoms with Gasteiger partial charge in [0.1, 0.15) is 0 Å². The van der Waals surface area contributed by atoms with E-state index in [4.69, 9.17) is 4.99 Å². The Morgan fingerprint density at radius 2 is 1.91 bits per heavy atom. The molecule has 0 heterocycles. The van der Waals surface area contributed by atoms with Crippen molar-refractivity contribution in [3.05, 3.63) is 35.9 Å². The van der Waals surface area contributed by atoms with Crippen LogP contribution >= 0.6 is 0 Å². The monoisotopic (exact) mass is 315 g/mol. The lowest BCUT2D eigenvalue weighted by Crippen LogP contribution is -2.45. The Morgan fingerprint density at radius 1 is 1.17 bits per heavy atom. The summed E-state index contributed by atoms with van der Waals surface area (Å²) < 4.78 is 0. The van der Waals surface area contributed by atoms with Gasteiger partial charge in [-0.05, 0) is 56.4 Å². The van der Waals surface area contributed by atoms with E-state index >= 15 is 0 Å². The van der Waals surface area contributed by atoms with Crippen molar-refractivity contribution < 1.29 is 5.11 Å². The largest absolute Gasteiger partial charge is 0.393 e. The van der Waals surface area contributed by atoms with E-state index in [0.29, 0.717) is 17.9 Å². The van der Waals surface area contributed by atoms with Gasteiger partial charge in [-0.25, -0.2) is 0 Å². The number of nitrogens with zero attached hydrogens (tertiary/aromatic N) is 1. The van der Waals surface area contributed by atoms with E-state index in [2.05, 4.69) is 47.9 Å². The maximum absolute atomic E-state index is 9.61. The summed E-state index contributed by atoms with van der Waals surface area (Å²) in [6.45, 7) is 3.88. The third kappa shape index (κ3) is 4.71. The van der Waals surface area contributed by atoms with E-state index < -0.39 is 0 Å². The van der Waals surface area contributed by atoms with Crippen LogP contribution in [0.2, 0.25) is 0 Å². The molecule has 23 heavy (non-hydrogen) atoms. The molecule has 2 aliphatic carbocycles. The summed E-state index contributed by atoms with van der Waals surface area (Å²) in [5.74, 6) is 2.31. The third-order valence-electron chi connectivity index (χ3n) is 5.02. The zero-order valence-corrected chi connectivity index (χ0v) is 14.0. The molecule has 1 aromatic rings. The van der Waals surface area contributed by atoms with Gasteiger partial charge in [-0.2, -0.15) is 0 Å². The highest BCUT2D eigenvalue weighted by molar-refractivity contribution is 5.80. The Kier molecular flexibility index (Phi) is 5.55. The molecule has 0 spiro atoms. The van der Waals surface area contributed by atoms with Crippen LogP contribution in [0.1, 0.15) is 50.5 Å². The van der Waals surface area contributed by atoms with Crippen LogP contribution in [0.5, 0.6) is 0 Å². The van der Waals surface area contributed by atoms with Crippen molar-refractivity contribution in [3.63, 3.8) is 0 Å². The first kappa shape index (κ1) is 16.3. The Bertz CT molecular complexity index is 509. The number of rotatable bonds is 5. The van der Waals surface area contributed by atoms with Crippen molar-refractivity contribution in [1.29, 1.82) is 0 Å². The number of hydrogen-bond acceptors (Lipinski definition) is 2. The smallest absolute Gasteiger partial charge is 0.191 e. The lowest BCUT2D eigenvalue weighted by Gasteiger charge is -2.27. The molecule has 4 heteroatoms. The quantitative estimate of drug-likeness (QED) is 0.578. The van der Waals surface area contributed by atoms with Crippen LogP contribution in [0.4, 0.5) is 0 Å². The predicted molar refractivity (Wildman–Crippen MR) is 94.7 cm³/mol. The fourth-order valence-corrected chi connectivity index (χ4v) is 3.50. The van der Waals surface area contributed by atoms with Crippen LogP contribution in [0.25, 0.3) is 0 Å². The highest BCUT2D eigenvalue weighted by Gasteiger charge is 2.37. The van der Waals surface area contributed by atoms with Crippen molar-refractivity contribution in [3.8, 4) is 0 Å². The molecule has 2 aliphatic rings. The SMILES string of the molecule is CCNC(=NCC1CC1c1ccccc1)NC1CCC(O)CC1. The number of aliphatic hydroxyl groups is 1. The topological polar surface area (TPSA) is 56.7 Å². The minimum Gasteiger partial charge on any atom is -0.393 e. The summed E-state index contributed by atoms with van der Waals surface area (Å²) in [7, 11) is 0. The van der Waals surface area contributed by atoms with Gasteiger partial charge in [0.05, 0.1) is 6.10 Å². The Hall–Kier alpha value is -1.55. The van der Waals surface area contributed by atoms with Crippen molar-refractivity contribution in [2.45, 2.75) is 57.1 Å². The number of aliphatic imine (C=N–C) groups is 1. The summed E-state index contributed by atoms with van der Waals surface area (Å²) in [6.07, 6.45) is 5.00. The summed E-state index contributed by atoms with van der Waals surface area (Å²) in [4.78, 5) is 4.80. The van der Waals surface area contributed by atoms with E-state index in [9.17, 15) is 5.11 Å². The Morgan fingerprint density at radius 3 is 2.61 bits per heavy atom. The van der Waals surface area contributed by atoms with Crippen molar-refractivity contribution in [1.82, 2.24) is 10.6 Å². The normalized spacial score (nSPS) is 30.8. The van der Waals surface area contributed by atoms with Gasteiger partial charge in [0, 0.05) is 19.1 Å². The summed E-state index contributed by atoms with van der Waals surface area (Å²) >= 11 is 0. The standard InChI is InChI=1S/C19H29N3O/c1-2-20-19(22-16-8-10-17(23)11-9-16)21-13-15-12-18(15)14-6-4-3-5-7-14/h3-7,15-18,23H,2,8-13H2,1H3,(H2,20,21,22). The molecule has 2 saturated carbocycles. The number of aliphatic hydroxyl groups excluding tert-OH is 1. The molecule has 2 fully saturated rings.